The molecule has 2 aromatic carbocycles. The number of ether oxygens (including phenoxy) is 1. The van der Waals surface area contributed by atoms with E-state index < -0.39 is 0 Å². The largest absolute Gasteiger partial charge is 0.487 e. The first-order valence-electron chi connectivity index (χ1n) is 7.25. The minimum absolute atomic E-state index is 0.205. The Kier molecular flexibility index (Phi) is 3.95. The van der Waals surface area contributed by atoms with Crippen LogP contribution in [-0.4, -0.2) is 13.1 Å². The molecule has 0 saturated carbocycles. The molecule has 0 atom stereocenters. The highest BCUT2D eigenvalue weighted by Crippen LogP contribution is 2.33. The third-order valence-electron chi connectivity index (χ3n) is 3.77. The Hall–Kier alpha value is -2.23. The van der Waals surface area contributed by atoms with E-state index >= 15 is 0 Å². The maximum absolute atomic E-state index is 13.7. The van der Waals surface area contributed by atoms with Crippen LogP contribution < -0.4 is 15.4 Å². The summed E-state index contributed by atoms with van der Waals surface area (Å²) in [6, 6.07) is 12.3. The molecular formula is C17H19FN2O. The summed E-state index contributed by atoms with van der Waals surface area (Å²) in [4.78, 5) is 2.29. The average Bonchev–Trinajstić information content (AvgIpc) is 3.00. The van der Waals surface area contributed by atoms with Crippen LogP contribution in [0.25, 0.3) is 0 Å². The zero-order chi connectivity index (χ0) is 14.7. The molecule has 2 aromatic rings. The van der Waals surface area contributed by atoms with Crippen LogP contribution in [0.5, 0.6) is 5.75 Å². The van der Waals surface area contributed by atoms with Crippen LogP contribution in [0.15, 0.2) is 42.5 Å². The lowest BCUT2D eigenvalue weighted by atomic mass is 10.2. The zero-order valence-electron chi connectivity index (χ0n) is 11.9. The number of nitrogens with two attached hydrogens (primary N) is 1. The summed E-state index contributed by atoms with van der Waals surface area (Å²) in [6.07, 6.45) is 2.38. The third kappa shape index (κ3) is 3.10. The molecule has 4 heteroatoms. The number of nitrogens with zero attached hydrogens (tertiary/aromatic N) is 1. The Labute approximate surface area is 124 Å². The molecule has 1 saturated heterocycles. The molecular weight excluding hydrogens is 267 g/mol. The van der Waals surface area contributed by atoms with Crippen LogP contribution in [0.4, 0.5) is 15.8 Å². The van der Waals surface area contributed by atoms with Crippen LogP contribution in [0.1, 0.15) is 18.4 Å². The standard InChI is InChI=1S/C17H19FN2O/c18-15-6-2-1-5-13(15)12-21-17-11-14(19)7-8-16(17)20-9-3-4-10-20/h1-2,5-8,11H,3-4,9-10,12,19H2. The molecule has 1 heterocycles. The van der Waals surface area contributed by atoms with Crippen molar-refractivity contribution >= 4 is 11.4 Å². The lowest BCUT2D eigenvalue weighted by Crippen LogP contribution is -2.18. The van der Waals surface area contributed by atoms with Gasteiger partial charge in [-0.1, -0.05) is 18.2 Å². The second-order valence-electron chi connectivity index (χ2n) is 5.30. The van der Waals surface area contributed by atoms with Crippen LogP contribution >= 0.6 is 0 Å². The van der Waals surface area contributed by atoms with E-state index in [1.165, 1.54) is 18.9 Å². The summed E-state index contributed by atoms with van der Waals surface area (Å²) in [5, 5.41) is 0. The minimum atomic E-state index is -0.246. The van der Waals surface area contributed by atoms with Crippen molar-refractivity contribution in [2.45, 2.75) is 19.4 Å². The van der Waals surface area contributed by atoms with E-state index in [2.05, 4.69) is 4.90 Å². The lowest BCUT2D eigenvalue weighted by Gasteiger charge is -2.21. The van der Waals surface area contributed by atoms with Crippen molar-refractivity contribution in [2.75, 3.05) is 23.7 Å². The molecule has 1 aliphatic rings. The lowest BCUT2D eigenvalue weighted by molar-refractivity contribution is 0.300. The molecule has 0 amide bonds. The van der Waals surface area contributed by atoms with Crippen molar-refractivity contribution in [3.05, 3.63) is 53.8 Å². The van der Waals surface area contributed by atoms with E-state index in [0.29, 0.717) is 11.3 Å². The number of hydrogen-bond acceptors (Lipinski definition) is 3. The third-order valence-corrected chi connectivity index (χ3v) is 3.77. The molecule has 21 heavy (non-hydrogen) atoms. The van der Waals surface area contributed by atoms with Gasteiger partial charge in [0.05, 0.1) is 5.69 Å². The van der Waals surface area contributed by atoms with Gasteiger partial charge in [0.25, 0.3) is 0 Å². The summed E-state index contributed by atoms with van der Waals surface area (Å²) in [6.45, 7) is 2.26. The fourth-order valence-corrected chi connectivity index (χ4v) is 2.64. The molecule has 0 radical (unpaired) electrons. The molecule has 1 fully saturated rings. The van der Waals surface area contributed by atoms with Crippen LogP contribution in [-0.2, 0) is 6.61 Å². The predicted octanol–water partition coefficient (Wildman–Crippen LogP) is 3.59. The smallest absolute Gasteiger partial charge is 0.145 e. The molecule has 3 nitrogen and oxygen atoms in total. The van der Waals surface area contributed by atoms with Crippen LogP contribution in [0.2, 0.25) is 0 Å². The first-order valence-corrected chi connectivity index (χ1v) is 7.25. The van der Waals surface area contributed by atoms with E-state index in [1.54, 1.807) is 12.1 Å². The molecule has 0 unspecified atom stereocenters. The first kappa shape index (κ1) is 13.7. The van der Waals surface area contributed by atoms with E-state index in [0.717, 1.165) is 24.5 Å². The molecule has 1 aliphatic heterocycles. The van der Waals surface area contributed by atoms with Gasteiger partial charge < -0.3 is 15.4 Å². The van der Waals surface area contributed by atoms with E-state index in [4.69, 9.17) is 10.5 Å². The summed E-state index contributed by atoms with van der Waals surface area (Å²) >= 11 is 0. The first-order chi connectivity index (χ1) is 10.2. The number of halogens is 1. The van der Waals surface area contributed by atoms with Gasteiger partial charge in [0.2, 0.25) is 0 Å². The number of rotatable bonds is 4. The van der Waals surface area contributed by atoms with Crippen LogP contribution in [0.3, 0.4) is 0 Å². The highest BCUT2D eigenvalue weighted by molar-refractivity contribution is 5.64. The van der Waals surface area contributed by atoms with Crippen molar-refractivity contribution in [2.24, 2.45) is 0 Å². The van der Waals surface area contributed by atoms with Gasteiger partial charge in [-0.05, 0) is 31.0 Å². The molecule has 0 aliphatic carbocycles. The minimum Gasteiger partial charge on any atom is -0.487 e. The second kappa shape index (κ2) is 6.04. The maximum Gasteiger partial charge on any atom is 0.145 e. The van der Waals surface area contributed by atoms with E-state index in [9.17, 15) is 4.39 Å². The van der Waals surface area contributed by atoms with Crippen molar-refractivity contribution in [3.8, 4) is 5.75 Å². The predicted molar refractivity (Wildman–Crippen MR) is 83.0 cm³/mol. The number of anilines is 2. The van der Waals surface area contributed by atoms with Crippen molar-refractivity contribution in [1.82, 2.24) is 0 Å². The van der Waals surface area contributed by atoms with Crippen molar-refractivity contribution in [3.63, 3.8) is 0 Å². The molecule has 110 valence electrons. The Morgan fingerprint density at radius 1 is 1.10 bits per heavy atom. The number of benzene rings is 2. The summed E-state index contributed by atoms with van der Waals surface area (Å²) in [5.74, 6) is 0.476. The van der Waals surface area contributed by atoms with Gasteiger partial charge in [-0.2, -0.15) is 0 Å². The van der Waals surface area contributed by atoms with E-state index in [-0.39, 0.29) is 12.4 Å². The normalized spacial score (nSPS) is 14.4. The fourth-order valence-electron chi connectivity index (χ4n) is 2.64. The van der Waals surface area contributed by atoms with Gasteiger partial charge in [-0.25, -0.2) is 4.39 Å². The van der Waals surface area contributed by atoms with Crippen LogP contribution in [0, 0.1) is 5.82 Å². The second-order valence-corrected chi connectivity index (χ2v) is 5.30. The highest BCUT2D eigenvalue weighted by atomic mass is 19.1. The topological polar surface area (TPSA) is 38.5 Å². The summed E-state index contributed by atoms with van der Waals surface area (Å²) in [7, 11) is 0. The summed E-state index contributed by atoms with van der Waals surface area (Å²) < 4.78 is 19.5. The van der Waals surface area contributed by atoms with Gasteiger partial charge in [0.15, 0.2) is 0 Å². The Morgan fingerprint density at radius 2 is 1.86 bits per heavy atom. The van der Waals surface area contributed by atoms with Gasteiger partial charge in [0, 0.05) is 30.4 Å². The van der Waals surface area contributed by atoms with Crippen molar-refractivity contribution in [1.29, 1.82) is 0 Å². The Morgan fingerprint density at radius 3 is 2.62 bits per heavy atom. The average molecular weight is 286 g/mol. The van der Waals surface area contributed by atoms with Gasteiger partial charge in [-0.15, -0.1) is 0 Å². The highest BCUT2D eigenvalue weighted by Gasteiger charge is 2.17. The van der Waals surface area contributed by atoms with E-state index in [1.807, 2.05) is 24.3 Å². The molecule has 3 rings (SSSR count). The SMILES string of the molecule is Nc1ccc(N2CCCC2)c(OCc2ccccc2F)c1. The van der Waals surface area contributed by atoms with Gasteiger partial charge in [-0.3, -0.25) is 0 Å². The molecule has 0 spiro atoms. The molecule has 0 bridgehead atoms. The summed E-state index contributed by atoms with van der Waals surface area (Å²) in [5.41, 5.74) is 8.09. The molecule has 0 aromatic heterocycles. The maximum atomic E-state index is 13.7. The van der Waals surface area contributed by atoms with Gasteiger partial charge in [0.1, 0.15) is 18.2 Å². The monoisotopic (exact) mass is 286 g/mol. The number of hydrogen-bond donors (Lipinski definition) is 1. The Bertz CT molecular complexity index is 624. The quantitative estimate of drug-likeness (QED) is 0.873. The Balaban J connectivity index is 1.80. The fraction of sp³-hybridized carbons (Fsp3) is 0.294. The van der Waals surface area contributed by atoms with Gasteiger partial charge >= 0.3 is 0 Å². The van der Waals surface area contributed by atoms with Crippen molar-refractivity contribution < 1.29 is 9.13 Å². The molecule has 2 N–H and O–H groups in total. The zero-order valence-corrected chi connectivity index (χ0v) is 11.9. The number of nitrogen functional groups attached to an aromatic ring is 1.